The van der Waals surface area contributed by atoms with Gasteiger partial charge in [0.05, 0.1) is 17.4 Å². The van der Waals surface area contributed by atoms with Crippen LogP contribution < -0.4 is 14.8 Å². The third-order valence-electron chi connectivity index (χ3n) is 5.09. The van der Waals surface area contributed by atoms with Crippen LogP contribution in [0.3, 0.4) is 0 Å². The first-order chi connectivity index (χ1) is 12.7. The molecule has 1 aliphatic carbocycles. The van der Waals surface area contributed by atoms with Gasteiger partial charge >= 0.3 is 0 Å². The minimum absolute atomic E-state index is 0.173. The van der Waals surface area contributed by atoms with Gasteiger partial charge in [0.25, 0.3) is 11.7 Å². The van der Waals surface area contributed by atoms with Crippen molar-refractivity contribution in [3.63, 3.8) is 0 Å². The molecular formula is C20H19N3O3. The number of nitrogens with one attached hydrogen (secondary N) is 2. The van der Waals surface area contributed by atoms with Crippen LogP contribution in [0.4, 0.5) is 5.69 Å². The summed E-state index contributed by atoms with van der Waals surface area (Å²) in [6, 6.07) is 10.9. The van der Waals surface area contributed by atoms with Crippen LogP contribution in [-0.2, 0) is 0 Å². The number of hydrogen-bond acceptors (Lipinski definition) is 4. The smallest absolute Gasteiger partial charge is 0.255 e. The minimum atomic E-state index is -0.505. The number of H-pyrrole nitrogens is 1. The van der Waals surface area contributed by atoms with Crippen molar-refractivity contribution in [2.75, 3.05) is 5.32 Å². The maximum atomic E-state index is 12.6. The van der Waals surface area contributed by atoms with Crippen LogP contribution in [0, 0.1) is 0 Å². The van der Waals surface area contributed by atoms with Crippen LogP contribution in [0.5, 0.6) is 11.5 Å². The number of rotatable bonds is 2. The average Bonchev–Trinajstić information content (AvgIpc) is 3.25. The lowest BCUT2D eigenvalue weighted by Crippen LogP contribution is -2.40. The minimum Gasteiger partial charge on any atom is -0.448 e. The molecule has 6 heteroatoms. The third-order valence-corrected chi connectivity index (χ3v) is 5.09. The van der Waals surface area contributed by atoms with E-state index in [1.807, 2.05) is 24.3 Å². The van der Waals surface area contributed by atoms with Crippen LogP contribution in [0.2, 0.25) is 0 Å². The number of aromatic amines is 1. The molecule has 1 aliphatic heterocycles. The van der Waals surface area contributed by atoms with Crippen molar-refractivity contribution in [2.45, 2.75) is 37.9 Å². The van der Waals surface area contributed by atoms with E-state index in [9.17, 15) is 4.79 Å². The van der Waals surface area contributed by atoms with E-state index in [-0.39, 0.29) is 5.91 Å². The Kier molecular flexibility index (Phi) is 3.38. The van der Waals surface area contributed by atoms with Gasteiger partial charge in [0.2, 0.25) is 0 Å². The number of ether oxygens (including phenoxy) is 2. The Morgan fingerprint density at radius 2 is 1.88 bits per heavy atom. The lowest BCUT2D eigenvalue weighted by atomic mass is 9.94. The van der Waals surface area contributed by atoms with Crippen LogP contribution in [0.25, 0.3) is 11.0 Å². The summed E-state index contributed by atoms with van der Waals surface area (Å²) in [5.41, 5.74) is 2.93. The summed E-state index contributed by atoms with van der Waals surface area (Å²) in [6.07, 6.45) is 6.90. The number of amides is 1. The number of carbonyl (C=O) groups excluding carboxylic acids is 1. The fourth-order valence-corrected chi connectivity index (χ4v) is 3.75. The molecule has 0 unspecified atom stereocenters. The number of benzene rings is 2. The van der Waals surface area contributed by atoms with Crippen molar-refractivity contribution >= 4 is 22.6 Å². The third kappa shape index (κ3) is 2.58. The van der Waals surface area contributed by atoms with Gasteiger partial charge in [-0.15, -0.1) is 0 Å². The highest BCUT2D eigenvalue weighted by atomic mass is 16.7. The number of aromatic nitrogens is 2. The zero-order valence-corrected chi connectivity index (χ0v) is 14.2. The Balaban J connectivity index is 1.35. The monoisotopic (exact) mass is 349 g/mol. The molecule has 1 amide bonds. The van der Waals surface area contributed by atoms with Crippen LogP contribution in [-0.4, -0.2) is 21.7 Å². The Morgan fingerprint density at radius 3 is 2.77 bits per heavy atom. The van der Waals surface area contributed by atoms with Crippen LogP contribution >= 0.6 is 0 Å². The van der Waals surface area contributed by atoms with Crippen molar-refractivity contribution in [1.29, 1.82) is 0 Å². The summed E-state index contributed by atoms with van der Waals surface area (Å²) in [4.78, 5) is 19.7. The number of carbonyl (C=O) groups is 1. The van der Waals surface area contributed by atoms with E-state index in [0.29, 0.717) is 17.0 Å². The average molecular weight is 349 g/mol. The first-order valence-corrected chi connectivity index (χ1v) is 8.97. The normalized spacial score (nSPS) is 17.5. The molecule has 3 aromatic rings. The fraction of sp³-hybridized carbons (Fsp3) is 0.300. The summed E-state index contributed by atoms with van der Waals surface area (Å²) in [5, 5.41) is 2.93. The molecule has 5 rings (SSSR count). The van der Waals surface area contributed by atoms with Crippen molar-refractivity contribution < 1.29 is 14.3 Å². The quantitative estimate of drug-likeness (QED) is 0.725. The second-order valence-electron chi connectivity index (χ2n) is 6.93. The second-order valence-corrected chi connectivity index (χ2v) is 6.93. The molecule has 1 saturated carbocycles. The molecule has 132 valence electrons. The van der Waals surface area contributed by atoms with Gasteiger partial charge in [0, 0.05) is 30.2 Å². The molecule has 0 bridgehead atoms. The summed E-state index contributed by atoms with van der Waals surface area (Å²) in [5.74, 6) is 0.778. The predicted octanol–water partition coefficient (Wildman–Crippen LogP) is 4.25. The Morgan fingerprint density at radius 1 is 1.04 bits per heavy atom. The topological polar surface area (TPSA) is 76.2 Å². The SMILES string of the molecule is O=C(Nc1ccc2c(c1)OC1(CCCCC1)O2)c1ccc2nc[nH]c2c1. The number of nitrogens with zero attached hydrogens (tertiary/aromatic N) is 1. The fourth-order valence-electron chi connectivity index (χ4n) is 3.75. The van der Waals surface area contributed by atoms with Crippen molar-refractivity contribution in [3.05, 3.63) is 48.3 Å². The van der Waals surface area contributed by atoms with Gasteiger partial charge in [-0.25, -0.2) is 4.98 Å². The van der Waals surface area contributed by atoms with E-state index in [0.717, 1.165) is 42.5 Å². The van der Waals surface area contributed by atoms with Gasteiger partial charge in [-0.2, -0.15) is 0 Å². The molecule has 0 radical (unpaired) electrons. The maximum absolute atomic E-state index is 12.6. The van der Waals surface area contributed by atoms with E-state index < -0.39 is 5.79 Å². The van der Waals surface area contributed by atoms with Crippen molar-refractivity contribution in [1.82, 2.24) is 9.97 Å². The van der Waals surface area contributed by atoms with Crippen LogP contribution in [0.1, 0.15) is 42.5 Å². The lowest BCUT2D eigenvalue weighted by molar-refractivity contribution is -0.105. The Labute approximate surface area is 150 Å². The molecule has 2 aliphatic rings. The highest BCUT2D eigenvalue weighted by Gasteiger charge is 2.42. The summed E-state index contributed by atoms with van der Waals surface area (Å²) in [6.45, 7) is 0. The van der Waals surface area contributed by atoms with Gasteiger partial charge in [-0.3, -0.25) is 4.79 Å². The molecular weight excluding hydrogens is 330 g/mol. The zero-order chi connectivity index (χ0) is 17.6. The molecule has 1 spiro atoms. The molecule has 1 fully saturated rings. The van der Waals surface area contributed by atoms with E-state index in [2.05, 4.69) is 15.3 Å². The number of anilines is 1. The lowest BCUT2D eigenvalue weighted by Gasteiger charge is -2.31. The van der Waals surface area contributed by atoms with E-state index in [1.54, 1.807) is 18.5 Å². The standard InChI is InChI=1S/C20H19N3O3/c24-19(13-4-6-15-16(10-13)22-12-21-15)23-14-5-7-17-18(11-14)26-20(25-17)8-2-1-3-9-20/h4-7,10-12H,1-3,8-9H2,(H,21,22)(H,23,24). The molecule has 6 nitrogen and oxygen atoms in total. The first kappa shape index (κ1) is 15.3. The molecule has 2 heterocycles. The molecule has 2 N–H and O–H groups in total. The van der Waals surface area contributed by atoms with Gasteiger partial charge < -0.3 is 19.8 Å². The highest BCUT2D eigenvalue weighted by molar-refractivity contribution is 6.06. The van der Waals surface area contributed by atoms with E-state index in [4.69, 9.17) is 9.47 Å². The van der Waals surface area contributed by atoms with E-state index >= 15 is 0 Å². The van der Waals surface area contributed by atoms with Gasteiger partial charge in [-0.05, 0) is 43.2 Å². The Hall–Kier alpha value is -3.02. The maximum Gasteiger partial charge on any atom is 0.255 e. The molecule has 0 atom stereocenters. The summed E-state index contributed by atoms with van der Waals surface area (Å²) >= 11 is 0. The number of imidazole rings is 1. The highest BCUT2D eigenvalue weighted by Crippen LogP contribution is 2.46. The predicted molar refractivity (Wildman–Crippen MR) is 97.6 cm³/mol. The van der Waals surface area contributed by atoms with Gasteiger partial charge in [0.1, 0.15) is 0 Å². The molecule has 26 heavy (non-hydrogen) atoms. The molecule has 1 aromatic heterocycles. The van der Waals surface area contributed by atoms with E-state index in [1.165, 1.54) is 6.42 Å². The molecule has 2 aromatic carbocycles. The van der Waals surface area contributed by atoms with Crippen molar-refractivity contribution in [2.24, 2.45) is 0 Å². The first-order valence-electron chi connectivity index (χ1n) is 8.97. The van der Waals surface area contributed by atoms with Crippen LogP contribution in [0.15, 0.2) is 42.7 Å². The summed E-state index contributed by atoms with van der Waals surface area (Å²) in [7, 11) is 0. The van der Waals surface area contributed by atoms with Gasteiger partial charge in [0.15, 0.2) is 11.5 Å². The number of fused-ring (bicyclic) bond motifs is 2. The number of hydrogen-bond donors (Lipinski definition) is 2. The largest absolute Gasteiger partial charge is 0.448 e. The van der Waals surface area contributed by atoms with Gasteiger partial charge in [-0.1, -0.05) is 6.42 Å². The second kappa shape index (κ2) is 5.76. The zero-order valence-electron chi connectivity index (χ0n) is 14.2. The Bertz CT molecular complexity index is 989. The molecule has 0 saturated heterocycles. The summed E-state index contributed by atoms with van der Waals surface area (Å²) < 4.78 is 12.2. The van der Waals surface area contributed by atoms with Crippen molar-refractivity contribution in [3.8, 4) is 11.5 Å².